The molecular formula is C23H32N2O6SSi. The van der Waals surface area contributed by atoms with Crippen molar-refractivity contribution in [2.24, 2.45) is 0 Å². The van der Waals surface area contributed by atoms with Crippen molar-refractivity contribution < 1.29 is 22.6 Å². The van der Waals surface area contributed by atoms with Gasteiger partial charge in [0.15, 0.2) is 14.1 Å². The quantitative estimate of drug-likeness (QED) is 0.302. The summed E-state index contributed by atoms with van der Waals surface area (Å²) in [4.78, 5) is 23.4. The summed E-state index contributed by atoms with van der Waals surface area (Å²) < 4.78 is 35.4. The molecule has 8 nitrogen and oxygen atoms in total. The van der Waals surface area contributed by atoms with Crippen LogP contribution >= 0.6 is 0 Å². The molecule has 180 valence electrons. The molecular weight excluding hydrogens is 460 g/mol. The first-order chi connectivity index (χ1) is 15.0. The Morgan fingerprint density at radius 1 is 1.06 bits per heavy atom. The highest BCUT2D eigenvalue weighted by Gasteiger charge is 2.43. The molecule has 0 aliphatic heterocycles. The number of rotatable bonds is 9. The van der Waals surface area contributed by atoms with E-state index in [4.69, 9.17) is 4.43 Å². The highest BCUT2D eigenvalue weighted by molar-refractivity contribution is 7.89. The van der Waals surface area contributed by atoms with E-state index < -0.39 is 35.4 Å². The van der Waals surface area contributed by atoms with Crippen LogP contribution in [0.15, 0.2) is 53.4 Å². The van der Waals surface area contributed by atoms with Crippen LogP contribution in [0, 0.1) is 17.0 Å². The van der Waals surface area contributed by atoms with Gasteiger partial charge in [0, 0.05) is 12.1 Å². The number of nitrogens with one attached hydrogen (secondary N) is 1. The van der Waals surface area contributed by atoms with Crippen LogP contribution in [-0.4, -0.2) is 33.5 Å². The number of carbonyl (C=O) groups is 1. The molecule has 0 aliphatic carbocycles. The van der Waals surface area contributed by atoms with E-state index in [9.17, 15) is 23.3 Å². The van der Waals surface area contributed by atoms with Gasteiger partial charge in [-0.25, -0.2) is 13.1 Å². The number of ketones is 1. The van der Waals surface area contributed by atoms with Crippen molar-refractivity contribution in [3.8, 4) is 0 Å². The Kier molecular flexibility index (Phi) is 8.00. The van der Waals surface area contributed by atoms with E-state index in [0.29, 0.717) is 5.56 Å². The fourth-order valence-electron chi connectivity index (χ4n) is 2.94. The molecule has 0 aliphatic rings. The third kappa shape index (κ3) is 6.56. The molecule has 33 heavy (non-hydrogen) atoms. The van der Waals surface area contributed by atoms with Crippen molar-refractivity contribution in [1.29, 1.82) is 0 Å². The highest BCUT2D eigenvalue weighted by Crippen LogP contribution is 2.39. The molecule has 0 fully saturated rings. The lowest BCUT2D eigenvalue weighted by Gasteiger charge is -2.40. The van der Waals surface area contributed by atoms with Gasteiger partial charge in [-0.05, 0) is 49.7 Å². The molecule has 0 bridgehead atoms. The van der Waals surface area contributed by atoms with Crippen LogP contribution < -0.4 is 4.72 Å². The molecule has 0 aromatic heterocycles. The molecule has 0 radical (unpaired) electrons. The molecule has 0 unspecified atom stereocenters. The fourth-order valence-corrected chi connectivity index (χ4v) is 5.46. The maximum atomic E-state index is 13.2. The molecule has 1 N–H and O–H groups in total. The van der Waals surface area contributed by atoms with Crippen molar-refractivity contribution in [2.75, 3.05) is 0 Å². The minimum atomic E-state index is -4.02. The Labute approximate surface area is 196 Å². The van der Waals surface area contributed by atoms with Gasteiger partial charge in [-0.2, -0.15) is 0 Å². The number of hydrogen-bond donors (Lipinski definition) is 1. The molecule has 0 spiro atoms. The Balaban J connectivity index is 2.58. The molecule has 0 saturated carbocycles. The first-order valence-electron chi connectivity index (χ1n) is 10.6. The number of hydrogen-bond acceptors (Lipinski definition) is 6. The van der Waals surface area contributed by atoms with Crippen LogP contribution in [0.4, 0.5) is 5.69 Å². The third-order valence-corrected chi connectivity index (χ3v) is 11.9. The summed E-state index contributed by atoms with van der Waals surface area (Å²) in [5.41, 5.74) is 1.17. The SMILES string of the molecule is CC(=O)[C@H](O[Si](C)(C)C(C)(C)C)[C@H](NS(=O)(=O)c1ccc(C)cc1)c1ccc([N+](=O)[O-])cc1. The van der Waals surface area contributed by atoms with Crippen molar-refractivity contribution in [2.45, 2.75) is 69.8 Å². The number of aryl methyl sites for hydroxylation is 1. The maximum absolute atomic E-state index is 13.2. The second-order valence-electron chi connectivity index (χ2n) is 9.67. The van der Waals surface area contributed by atoms with Gasteiger partial charge in [-0.1, -0.05) is 50.6 Å². The number of Topliss-reactive ketones (excluding diaryl/α,β-unsaturated/α-hetero) is 1. The lowest BCUT2D eigenvalue weighted by atomic mass is 10.00. The summed E-state index contributed by atoms with van der Waals surface area (Å²) in [6.07, 6.45) is -1.10. The van der Waals surface area contributed by atoms with Crippen LogP contribution in [0.5, 0.6) is 0 Å². The molecule has 0 heterocycles. The van der Waals surface area contributed by atoms with Crippen molar-refractivity contribution in [3.05, 3.63) is 69.8 Å². The zero-order chi connectivity index (χ0) is 25.2. The second-order valence-corrected chi connectivity index (χ2v) is 16.1. The second kappa shape index (κ2) is 9.84. The summed E-state index contributed by atoms with van der Waals surface area (Å²) in [6, 6.07) is 10.7. The Bertz CT molecular complexity index is 1110. The first-order valence-corrected chi connectivity index (χ1v) is 15.0. The number of nitro groups is 1. The van der Waals surface area contributed by atoms with E-state index in [-0.39, 0.29) is 21.4 Å². The molecule has 2 atom stereocenters. The molecule has 10 heteroatoms. The predicted molar refractivity (Wildman–Crippen MR) is 130 cm³/mol. The summed E-state index contributed by atoms with van der Waals surface area (Å²) >= 11 is 0. The maximum Gasteiger partial charge on any atom is 0.269 e. The van der Waals surface area contributed by atoms with Gasteiger partial charge in [0.2, 0.25) is 10.0 Å². The summed E-state index contributed by atoms with van der Waals surface area (Å²) in [6.45, 7) is 13.2. The average molecular weight is 493 g/mol. The summed E-state index contributed by atoms with van der Waals surface area (Å²) in [5.74, 6) is -0.338. The largest absolute Gasteiger partial charge is 0.405 e. The van der Waals surface area contributed by atoms with Crippen LogP contribution in [0.2, 0.25) is 18.1 Å². The van der Waals surface area contributed by atoms with E-state index in [2.05, 4.69) is 4.72 Å². The number of nitro benzene ring substituents is 1. The number of nitrogens with zero attached hydrogens (tertiary/aromatic N) is 1. The van der Waals surface area contributed by atoms with E-state index >= 15 is 0 Å². The van der Waals surface area contributed by atoms with Crippen LogP contribution in [0.3, 0.4) is 0 Å². The van der Waals surface area contributed by atoms with Gasteiger partial charge in [0.05, 0.1) is 15.9 Å². The Hall–Kier alpha value is -2.40. The van der Waals surface area contributed by atoms with E-state index in [1.54, 1.807) is 12.1 Å². The van der Waals surface area contributed by atoms with Gasteiger partial charge in [0.25, 0.3) is 5.69 Å². The standard InChI is InChI=1S/C23H32N2O6SSi/c1-16-8-14-20(15-9-16)32(29,30)24-21(18-10-12-19(13-11-18)25(27)28)22(17(2)26)31-33(6,7)23(3,4)5/h8-15,21-22,24H,1-7H3/t21-,22+/m1/s1. The Morgan fingerprint density at radius 3 is 2.00 bits per heavy atom. The van der Waals surface area contributed by atoms with Crippen molar-refractivity contribution in [3.63, 3.8) is 0 Å². The van der Waals surface area contributed by atoms with Gasteiger partial charge in [0.1, 0.15) is 6.10 Å². The molecule has 0 saturated heterocycles. The van der Waals surface area contributed by atoms with Gasteiger partial charge in [-0.3, -0.25) is 14.9 Å². The zero-order valence-corrected chi connectivity index (χ0v) is 21.9. The number of benzene rings is 2. The fraction of sp³-hybridized carbons (Fsp3) is 0.435. The summed E-state index contributed by atoms with van der Waals surface area (Å²) in [5, 5.41) is 10.9. The normalized spacial score (nSPS) is 14.5. The number of non-ortho nitro benzene ring substituents is 1. The smallest absolute Gasteiger partial charge is 0.269 e. The average Bonchev–Trinajstić information content (AvgIpc) is 2.70. The molecule has 2 aromatic carbocycles. The minimum Gasteiger partial charge on any atom is -0.405 e. The van der Waals surface area contributed by atoms with Crippen LogP contribution in [0.1, 0.15) is 44.9 Å². The predicted octanol–water partition coefficient (Wildman–Crippen LogP) is 4.90. The van der Waals surface area contributed by atoms with Crippen LogP contribution in [0.25, 0.3) is 0 Å². The minimum absolute atomic E-state index is 0.0506. The van der Waals surface area contributed by atoms with Gasteiger partial charge in [-0.15, -0.1) is 0 Å². The monoisotopic (exact) mass is 492 g/mol. The lowest BCUT2D eigenvalue weighted by Crippen LogP contribution is -2.50. The number of sulfonamides is 1. The highest BCUT2D eigenvalue weighted by atomic mass is 32.2. The Morgan fingerprint density at radius 2 is 1.58 bits per heavy atom. The lowest BCUT2D eigenvalue weighted by molar-refractivity contribution is -0.384. The molecule has 2 rings (SSSR count). The number of carbonyl (C=O) groups excluding carboxylic acids is 1. The zero-order valence-electron chi connectivity index (χ0n) is 20.1. The van der Waals surface area contributed by atoms with E-state index in [1.807, 2.05) is 40.8 Å². The van der Waals surface area contributed by atoms with Gasteiger partial charge < -0.3 is 4.43 Å². The molecule has 0 amide bonds. The molecule has 2 aromatic rings. The third-order valence-electron chi connectivity index (χ3n) is 6.01. The van der Waals surface area contributed by atoms with Gasteiger partial charge >= 0.3 is 0 Å². The van der Waals surface area contributed by atoms with Crippen LogP contribution in [-0.2, 0) is 19.2 Å². The van der Waals surface area contributed by atoms with Crippen molar-refractivity contribution >= 4 is 29.8 Å². The topological polar surface area (TPSA) is 116 Å². The summed E-state index contributed by atoms with van der Waals surface area (Å²) in [7, 11) is -6.50. The van der Waals surface area contributed by atoms with E-state index in [0.717, 1.165) is 5.56 Å². The van der Waals surface area contributed by atoms with E-state index in [1.165, 1.54) is 43.3 Å². The van der Waals surface area contributed by atoms with Crippen molar-refractivity contribution in [1.82, 2.24) is 4.72 Å². The first kappa shape index (κ1) is 26.8.